The number of rotatable bonds is 2. The molecule has 0 aromatic carbocycles. The lowest BCUT2D eigenvalue weighted by Crippen LogP contribution is -2.48. The minimum atomic E-state index is 0.0399. The van der Waals surface area contributed by atoms with Crippen LogP contribution in [-0.4, -0.2) is 46.1 Å². The molecular formula is C17H22N4O2. The highest BCUT2D eigenvalue weighted by molar-refractivity contribution is 6.06. The van der Waals surface area contributed by atoms with Crippen molar-refractivity contribution in [1.82, 2.24) is 20.4 Å². The minimum Gasteiger partial charge on any atom is -0.339 e. The van der Waals surface area contributed by atoms with Crippen LogP contribution in [0.15, 0.2) is 10.6 Å². The number of carbonyl (C=O) groups excluding carboxylic acids is 1. The fourth-order valence-electron chi connectivity index (χ4n) is 4.09. The van der Waals surface area contributed by atoms with Crippen molar-refractivity contribution in [2.45, 2.75) is 57.7 Å². The summed E-state index contributed by atoms with van der Waals surface area (Å²) >= 11 is 0. The maximum absolute atomic E-state index is 13.1. The number of hydrogen-bond donors (Lipinski definition) is 1. The number of nitrogens with zero attached hydrogens (tertiary/aromatic N) is 3. The van der Waals surface area contributed by atoms with Gasteiger partial charge in [0.15, 0.2) is 0 Å². The van der Waals surface area contributed by atoms with E-state index in [-0.39, 0.29) is 5.91 Å². The van der Waals surface area contributed by atoms with E-state index in [1.807, 2.05) is 31.9 Å². The second-order valence-corrected chi connectivity index (χ2v) is 6.94. The van der Waals surface area contributed by atoms with Crippen LogP contribution in [0, 0.1) is 13.8 Å². The maximum Gasteiger partial charge on any atom is 0.258 e. The maximum atomic E-state index is 13.1. The van der Waals surface area contributed by atoms with Crippen molar-refractivity contribution < 1.29 is 9.32 Å². The largest absolute Gasteiger partial charge is 0.339 e. The first kappa shape index (κ1) is 14.6. The molecule has 1 amide bonds. The Morgan fingerprint density at radius 3 is 2.70 bits per heavy atom. The van der Waals surface area contributed by atoms with Crippen LogP contribution in [0.25, 0.3) is 11.1 Å². The second-order valence-electron chi connectivity index (χ2n) is 6.94. The summed E-state index contributed by atoms with van der Waals surface area (Å²) in [5, 5.41) is 8.33. The SMILES string of the molecule is Cc1cc(C(=O)N(C)C2CC3CCC(C2)N3)c2c(C)noc2n1. The Morgan fingerprint density at radius 2 is 2.00 bits per heavy atom. The van der Waals surface area contributed by atoms with Gasteiger partial charge in [0.05, 0.1) is 16.6 Å². The molecule has 2 saturated heterocycles. The van der Waals surface area contributed by atoms with Crippen LogP contribution in [0.4, 0.5) is 0 Å². The molecule has 6 heteroatoms. The lowest BCUT2D eigenvalue weighted by atomic mass is 9.97. The number of carbonyl (C=O) groups is 1. The average molecular weight is 314 g/mol. The monoisotopic (exact) mass is 314 g/mol. The predicted octanol–water partition coefficient (Wildman–Crippen LogP) is 2.19. The van der Waals surface area contributed by atoms with Gasteiger partial charge in [-0.25, -0.2) is 4.98 Å². The molecule has 1 N–H and O–H groups in total. The van der Waals surface area contributed by atoms with E-state index in [1.54, 1.807) is 0 Å². The first-order chi connectivity index (χ1) is 11.0. The standard InChI is InChI=1S/C17H22N4O2/c1-9-6-14(15-10(2)20-23-16(15)18-9)17(22)21(3)13-7-11-4-5-12(8-13)19-11/h6,11-13,19H,4-5,7-8H2,1-3H3. The number of amides is 1. The van der Waals surface area contributed by atoms with Crippen molar-refractivity contribution in [3.8, 4) is 0 Å². The summed E-state index contributed by atoms with van der Waals surface area (Å²) in [5.41, 5.74) is 2.59. The molecule has 2 unspecified atom stereocenters. The lowest BCUT2D eigenvalue weighted by molar-refractivity contribution is 0.0683. The number of pyridine rings is 1. The highest BCUT2D eigenvalue weighted by Gasteiger charge is 2.37. The summed E-state index contributed by atoms with van der Waals surface area (Å²) in [7, 11) is 1.92. The van der Waals surface area contributed by atoms with E-state index in [9.17, 15) is 4.79 Å². The van der Waals surface area contributed by atoms with Gasteiger partial charge in [0.1, 0.15) is 0 Å². The molecule has 2 bridgehead atoms. The van der Waals surface area contributed by atoms with Crippen LogP contribution < -0.4 is 5.32 Å². The zero-order valence-corrected chi connectivity index (χ0v) is 13.8. The van der Waals surface area contributed by atoms with Crippen molar-refractivity contribution in [3.05, 3.63) is 23.0 Å². The van der Waals surface area contributed by atoms with E-state index in [1.165, 1.54) is 12.8 Å². The van der Waals surface area contributed by atoms with Gasteiger partial charge in [-0.15, -0.1) is 0 Å². The molecule has 23 heavy (non-hydrogen) atoms. The van der Waals surface area contributed by atoms with Crippen LogP contribution in [-0.2, 0) is 0 Å². The Labute approximate surface area is 135 Å². The number of piperidine rings is 1. The molecule has 2 aromatic rings. The summed E-state index contributed by atoms with van der Waals surface area (Å²) in [6.07, 6.45) is 4.53. The van der Waals surface area contributed by atoms with Gasteiger partial charge in [-0.1, -0.05) is 5.16 Å². The third kappa shape index (κ3) is 2.41. The molecule has 0 saturated carbocycles. The van der Waals surface area contributed by atoms with Gasteiger partial charge in [0.25, 0.3) is 11.6 Å². The Bertz CT molecular complexity index is 757. The van der Waals surface area contributed by atoms with Gasteiger partial charge in [0, 0.05) is 30.9 Å². The Balaban J connectivity index is 1.67. The normalized spacial score (nSPS) is 26.7. The predicted molar refractivity (Wildman–Crippen MR) is 86.3 cm³/mol. The van der Waals surface area contributed by atoms with Crippen molar-refractivity contribution in [2.24, 2.45) is 0 Å². The molecule has 2 fully saturated rings. The first-order valence-corrected chi connectivity index (χ1v) is 8.29. The number of nitrogens with one attached hydrogen (secondary N) is 1. The summed E-state index contributed by atoms with van der Waals surface area (Å²) in [6.45, 7) is 3.73. The van der Waals surface area contributed by atoms with Crippen LogP contribution in [0.3, 0.4) is 0 Å². The molecule has 0 radical (unpaired) electrons. The van der Waals surface area contributed by atoms with E-state index in [0.717, 1.165) is 29.6 Å². The van der Waals surface area contributed by atoms with E-state index in [0.29, 0.717) is 29.4 Å². The average Bonchev–Trinajstić information content (AvgIpc) is 3.07. The zero-order chi connectivity index (χ0) is 16.1. The van der Waals surface area contributed by atoms with E-state index >= 15 is 0 Å². The van der Waals surface area contributed by atoms with Crippen LogP contribution in [0.2, 0.25) is 0 Å². The molecular weight excluding hydrogens is 292 g/mol. The smallest absolute Gasteiger partial charge is 0.258 e. The molecule has 4 rings (SSSR count). The van der Waals surface area contributed by atoms with Gasteiger partial charge in [-0.05, 0) is 45.6 Å². The third-order valence-corrected chi connectivity index (χ3v) is 5.29. The molecule has 0 spiro atoms. The molecule has 2 aliphatic rings. The number of fused-ring (bicyclic) bond motifs is 3. The fraction of sp³-hybridized carbons (Fsp3) is 0.588. The van der Waals surface area contributed by atoms with Gasteiger partial charge >= 0.3 is 0 Å². The Hall–Kier alpha value is -1.95. The molecule has 6 nitrogen and oxygen atoms in total. The molecule has 2 aliphatic heterocycles. The van der Waals surface area contributed by atoms with Gasteiger partial charge in [-0.3, -0.25) is 4.79 Å². The van der Waals surface area contributed by atoms with E-state index < -0.39 is 0 Å². The quantitative estimate of drug-likeness (QED) is 0.920. The summed E-state index contributed by atoms with van der Waals surface area (Å²) in [6, 6.07) is 3.27. The second kappa shape index (κ2) is 5.30. The lowest BCUT2D eigenvalue weighted by Gasteiger charge is -2.35. The summed E-state index contributed by atoms with van der Waals surface area (Å²) in [5.74, 6) is 0.0399. The first-order valence-electron chi connectivity index (χ1n) is 8.29. The minimum absolute atomic E-state index is 0.0399. The van der Waals surface area contributed by atoms with Crippen LogP contribution in [0.1, 0.15) is 47.4 Å². The summed E-state index contributed by atoms with van der Waals surface area (Å²) < 4.78 is 5.25. The van der Waals surface area contributed by atoms with Gasteiger partial charge < -0.3 is 14.7 Å². The molecule has 2 atom stereocenters. The van der Waals surface area contributed by atoms with Crippen molar-refractivity contribution >= 4 is 17.0 Å². The highest BCUT2D eigenvalue weighted by Crippen LogP contribution is 2.31. The Kier molecular flexibility index (Phi) is 3.37. The van der Waals surface area contributed by atoms with Crippen molar-refractivity contribution in [3.63, 3.8) is 0 Å². The summed E-state index contributed by atoms with van der Waals surface area (Å²) in [4.78, 5) is 19.3. The van der Waals surface area contributed by atoms with Crippen molar-refractivity contribution in [1.29, 1.82) is 0 Å². The Morgan fingerprint density at radius 1 is 1.30 bits per heavy atom. The third-order valence-electron chi connectivity index (χ3n) is 5.29. The van der Waals surface area contributed by atoms with E-state index in [4.69, 9.17) is 4.52 Å². The molecule has 122 valence electrons. The molecule has 4 heterocycles. The van der Waals surface area contributed by atoms with Crippen molar-refractivity contribution in [2.75, 3.05) is 7.05 Å². The number of aromatic nitrogens is 2. The van der Waals surface area contributed by atoms with Crippen LogP contribution >= 0.6 is 0 Å². The van der Waals surface area contributed by atoms with Crippen LogP contribution in [0.5, 0.6) is 0 Å². The van der Waals surface area contributed by atoms with E-state index in [2.05, 4.69) is 15.5 Å². The van der Waals surface area contributed by atoms with Gasteiger partial charge in [-0.2, -0.15) is 0 Å². The molecule has 2 aromatic heterocycles. The number of hydrogen-bond acceptors (Lipinski definition) is 5. The zero-order valence-electron chi connectivity index (χ0n) is 13.8. The molecule has 0 aliphatic carbocycles. The fourth-order valence-corrected chi connectivity index (χ4v) is 4.09. The van der Waals surface area contributed by atoms with Gasteiger partial charge in [0.2, 0.25) is 0 Å². The number of aryl methyl sites for hydroxylation is 2. The topological polar surface area (TPSA) is 71.3 Å². The highest BCUT2D eigenvalue weighted by atomic mass is 16.5.